The molecule has 7 heteroatoms. The number of hydrogen-bond acceptors (Lipinski definition) is 6. The lowest BCUT2D eigenvalue weighted by Crippen LogP contribution is -2.47. The van der Waals surface area contributed by atoms with E-state index >= 15 is 0 Å². The number of anilines is 2. The molecule has 6 nitrogen and oxygen atoms in total. The van der Waals surface area contributed by atoms with E-state index in [0.717, 1.165) is 43.4 Å². The van der Waals surface area contributed by atoms with Crippen LogP contribution in [0, 0.1) is 6.92 Å². The van der Waals surface area contributed by atoms with E-state index in [9.17, 15) is 0 Å². The number of aryl methyl sites for hydroxylation is 2. The van der Waals surface area contributed by atoms with Gasteiger partial charge < -0.3 is 15.5 Å². The highest BCUT2D eigenvalue weighted by molar-refractivity contribution is 7.13. The standard InChI is InChI=1S/C14H22N6S/c1-11-12(3-4-15)13(18(2)17-11)19-6-8-20(9-7-19)14-16-5-10-21-14/h5,10H,3-4,6-9,15H2,1-2H3. The lowest BCUT2D eigenvalue weighted by Gasteiger charge is -2.36. The van der Waals surface area contributed by atoms with Crippen LogP contribution in [0.2, 0.25) is 0 Å². The maximum atomic E-state index is 5.75. The van der Waals surface area contributed by atoms with Crippen LogP contribution in [-0.2, 0) is 13.5 Å². The van der Waals surface area contributed by atoms with Crippen LogP contribution in [0.15, 0.2) is 11.6 Å². The minimum Gasteiger partial charge on any atom is -0.353 e. The van der Waals surface area contributed by atoms with Gasteiger partial charge in [-0.1, -0.05) is 0 Å². The summed E-state index contributed by atoms with van der Waals surface area (Å²) >= 11 is 1.71. The first kappa shape index (κ1) is 14.3. The molecule has 114 valence electrons. The van der Waals surface area contributed by atoms with Crippen molar-refractivity contribution in [3.8, 4) is 0 Å². The van der Waals surface area contributed by atoms with Crippen LogP contribution < -0.4 is 15.5 Å². The highest BCUT2D eigenvalue weighted by Gasteiger charge is 2.24. The lowest BCUT2D eigenvalue weighted by molar-refractivity contribution is 0.621. The summed E-state index contributed by atoms with van der Waals surface area (Å²) in [6.45, 7) is 6.73. The zero-order valence-electron chi connectivity index (χ0n) is 12.6. The Kier molecular flexibility index (Phi) is 4.12. The molecule has 0 atom stereocenters. The molecule has 3 rings (SSSR count). The number of piperazine rings is 1. The second kappa shape index (κ2) is 6.03. The maximum Gasteiger partial charge on any atom is 0.185 e. The molecular weight excluding hydrogens is 284 g/mol. The van der Waals surface area contributed by atoms with Crippen molar-refractivity contribution in [3.63, 3.8) is 0 Å². The molecule has 0 aliphatic carbocycles. The van der Waals surface area contributed by atoms with Crippen molar-refractivity contribution in [1.29, 1.82) is 0 Å². The average Bonchev–Trinajstić information content (AvgIpc) is 3.09. The normalized spacial score (nSPS) is 15.8. The van der Waals surface area contributed by atoms with Crippen molar-refractivity contribution in [2.75, 3.05) is 42.5 Å². The molecule has 2 N–H and O–H groups in total. The quantitative estimate of drug-likeness (QED) is 0.913. The molecule has 2 aromatic rings. The number of rotatable bonds is 4. The third kappa shape index (κ3) is 2.75. The number of hydrogen-bond donors (Lipinski definition) is 1. The Balaban J connectivity index is 1.75. The van der Waals surface area contributed by atoms with Crippen LogP contribution in [0.25, 0.3) is 0 Å². The Morgan fingerprint density at radius 1 is 1.24 bits per heavy atom. The first-order valence-corrected chi connectivity index (χ1v) is 8.20. The van der Waals surface area contributed by atoms with E-state index < -0.39 is 0 Å². The molecular formula is C14H22N6S. The van der Waals surface area contributed by atoms with Gasteiger partial charge in [0.05, 0.1) is 5.69 Å². The van der Waals surface area contributed by atoms with Crippen LogP contribution in [0.3, 0.4) is 0 Å². The van der Waals surface area contributed by atoms with E-state index in [1.54, 1.807) is 11.3 Å². The third-order valence-corrected chi connectivity index (χ3v) is 4.81. The molecule has 0 aromatic carbocycles. The molecule has 0 radical (unpaired) electrons. The summed E-state index contributed by atoms with van der Waals surface area (Å²) in [5.41, 5.74) is 8.14. The van der Waals surface area contributed by atoms with Crippen LogP contribution in [0.1, 0.15) is 11.3 Å². The highest BCUT2D eigenvalue weighted by atomic mass is 32.1. The molecule has 3 heterocycles. The van der Waals surface area contributed by atoms with Gasteiger partial charge in [0.2, 0.25) is 0 Å². The number of nitrogens with zero attached hydrogens (tertiary/aromatic N) is 5. The van der Waals surface area contributed by atoms with Crippen molar-refractivity contribution in [2.45, 2.75) is 13.3 Å². The summed E-state index contributed by atoms with van der Waals surface area (Å²) in [5, 5.41) is 7.73. The van der Waals surface area contributed by atoms with Gasteiger partial charge in [-0.25, -0.2) is 4.98 Å². The molecule has 21 heavy (non-hydrogen) atoms. The molecule has 2 aromatic heterocycles. The van der Waals surface area contributed by atoms with Crippen molar-refractivity contribution in [1.82, 2.24) is 14.8 Å². The zero-order chi connectivity index (χ0) is 14.8. The Hall–Kier alpha value is -1.60. The summed E-state index contributed by atoms with van der Waals surface area (Å²) in [7, 11) is 2.02. The van der Waals surface area contributed by atoms with E-state index in [1.807, 2.05) is 23.3 Å². The third-order valence-electron chi connectivity index (χ3n) is 3.98. The topological polar surface area (TPSA) is 63.2 Å². The van der Waals surface area contributed by atoms with Crippen molar-refractivity contribution in [3.05, 3.63) is 22.8 Å². The van der Waals surface area contributed by atoms with Gasteiger partial charge in [0.1, 0.15) is 5.82 Å². The molecule has 1 aliphatic heterocycles. The highest BCUT2D eigenvalue weighted by Crippen LogP contribution is 2.26. The predicted molar refractivity (Wildman–Crippen MR) is 87.2 cm³/mol. The fourth-order valence-corrected chi connectivity index (χ4v) is 3.70. The SMILES string of the molecule is Cc1nn(C)c(N2CCN(c3nccs3)CC2)c1CCN. The first-order valence-electron chi connectivity index (χ1n) is 7.32. The predicted octanol–water partition coefficient (Wildman–Crippen LogP) is 1.01. The van der Waals surface area contributed by atoms with Crippen LogP contribution in [0.4, 0.5) is 10.9 Å². The van der Waals surface area contributed by atoms with Gasteiger partial charge in [-0.3, -0.25) is 4.68 Å². The molecule has 0 bridgehead atoms. The fraction of sp³-hybridized carbons (Fsp3) is 0.571. The smallest absolute Gasteiger partial charge is 0.185 e. The van der Waals surface area contributed by atoms with Crippen LogP contribution >= 0.6 is 11.3 Å². The van der Waals surface area contributed by atoms with E-state index in [4.69, 9.17) is 5.73 Å². The summed E-state index contributed by atoms with van der Waals surface area (Å²) in [5.74, 6) is 1.23. The molecule has 0 amide bonds. The maximum absolute atomic E-state index is 5.75. The Morgan fingerprint density at radius 3 is 2.57 bits per heavy atom. The fourth-order valence-electron chi connectivity index (χ4n) is 3.00. The molecule has 1 saturated heterocycles. The van der Waals surface area contributed by atoms with Gasteiger partial charge in [-0.05, 0) is 19.9 Å². The van der Waals surface area contributed by atoms with Gasteiger partial charge >= 0.3 is 0 Å². The van der Waals surface area contributed by atoms with Crippen molar-refractivity contribution in [2.24, 2.45) is 12.8 Å². The van der Waals surface area contributed by atoms with E-state index in [2.05, 4.69) is 26.8 Å². The lowest BCUT2D eigenvalue weighted by atomic mass is 10.1. The van der Waals surface area contributed by atoms with Crippen molar-refractivity contribution >= 4 is 22.3 Å². The number of aromatic nitrogens is 3. The zero-order valence-corrected chi connectivity index (χ0v) is 13.4. The van der Waals surface area contributed by atoms with Crippen molar-refractivity contribution < 1.29 is 0 Å². The minimum atomic E-state index is 0.665. The molecule has 0 saturated carbocycles. The monoisotopic (exact) mass is 306 g/mol. The van der Waals surface area contributed by atoms with E-state index in [0.29, 0.717) is 6.54 Å². The number of thiazole rings is 1. The van der Waals surface area contributed by atoms with Gasteiger partial charge in [0.25, 0.3) is 0 Å². The molecule has 0 unspecified atom stereocenters. The van der Waals surface area contributed by atoms with E-state index in [1.165, 1.54) is 11.4 Å². The van der Waals surface area contributed by atoms with Gasteiger partial charge in [-0.15, -0.1) is 11.3 Å². The van der Waals surface area contributed by atoms with Crippen LogP contribution in [-0.4, -0.2) is 47.5 Å². The van der Waals surface area contributed by atoms with E-state index in [-0.39, 0.29) is 0 Å². The molecule has 0 spiro atoms. The molecule has 1 fully saturated rings. The van der Waals surface area contributed by atoms with Crippen LogP contribution in [0.5, 0.6) is 0 Å². The molecule has 1 aliphatic rings. The van der Waals surface area contributed by atoms with Gasteiger partial charge in [0, 0.05) is 50.4 Å². The Labute approximate surface area is 129 Å². The summed E-state index contributed by atoms with van der Waals surface area (Å²) < 4.78 is 2.00. The first-order chi connectivity index (χ1) is 10.2. The van der Waals surface area contributed by atoms with Gasteiger partial charge in [-0.2, -0.15) is 5.10 Å². The average molecular weight is 306 g/mol. The largest absolute Gasteiger partial charge is 0.353 e. The Morgan fingerprint density at radius 2 is 1.95 bits per heavy atom. The summed E-state index contributed by atoms with van der Waals surface area (Å²) in [6.07, 6.45) is 2.76. The number of nitrogens with two attached hydrogens (primary N) is 1. The Bertz CT molecular complexity index is 583. The summed E-state index contributed by atoms with van der Waals surface area (Å²) in [4.78, 5) is 9.18. The van der Waals surface area contributed by atoms with Gasteiger partial charge in [0.15, 0.2) is 5.13 Å². The minimum absolute atomic E-state index is 0.665. The second-order valence-corrected chi connectivity index (χ2v) is 6.21. The second-order valence-electron chi connectivity index (χ2n) is 5.34. The summed E-state index contributed by atoms with van der Waals surface area (Å²) in [6, 6.07) is 0.